The summed E-state index contributed by atoms with van der Waals surface area (Å²) in [6, 6.07) is 11.2. The highest BCUT2D eigenvalue weighted by Gasteiger charge is 2.14. The van der Waals surface area contributed by atoms with Crippen LogP contribution in [0.5, 0.6) is 23.0 Å². The first kappa shape index (κ1) is 15.0. The molecule has 0 amide bonds. The lowest BCUT2D eigenvalue weighted by Gasteiger charge is -2.15. The van der Waals surface area contributed by atoms with Crippen LogP contribution in [-0.4, -0.2) is 14.2 Å². The molecule has 0 aliphatic rings. The van der Waals surface area contributed by atoms with Gasteiger partial charge in [0, 0.05) is 5.88 Å². The fourth-order valence-electron chi connectivity index (χ4n) is 1.74. The molecule has 0 aliphatic carbocycles. The molecule has 2 aromatic carbocycles. The third kappa shape index (κ3) is 3.19. The van der Waals surface area contributed by atoms with Gasteiger partial charge < -0.3 is 14.2 Å². The number of alkyl halides is 1. The van der Waals surface area contributed by atoms with Gasteiger partial charge in [-0.3, -0.25) is 0 Å². The number of benzene rings is 2. The van der Waals surface area contributed by atoms with E-state index in [1.54, 1.807) is 14.2 Å². The molecule has 20 heavy (non-hydrogen) atoms. The van der Waals surface area contributed by atoms with Crippen molar-refractivity contribution in [3.63, 3.8) is 0 Å². The first-order valence-corrected chi connectivity index (χ1v) is 7.25. The second kappa shape index (κ2) is 6.86. The van der Waals surface area contributed by atoms with E-state index in [9.17, 15) is 0 Å². The van der Waals surface area contributed by atoms with Crippen LogP contribution in [0.15, 0.2) is 40.9 Å². The summed E-state index contributed by atoms with van der Waals surface area (Å²) < 4.78 is 17.3. The molecule has 5 heteroatoms. The van der Waals surface area contributed by atoms with Gasteiger partial charge in [0.05, 0.1) is 18.7 Å². The molecule has 3 nitrogen and oxygen atoms in total. The van der Waals surface area contributed by atoms with Gasteiger partial charge in [0.2, 0.25) is 5.75 Å². The van der Waals surface area contributed by atoms with Crippen molar-refractivity contribution < 1.29 is 14.2 Å². The predicted octanol–water partition coefficient (Wildman–Crippen LogP) is 5.00. The number of halogens is 2. The minimum atomic E-state index is 0.455. The number of rotatable bonds is 5. The van der Waals surface area contributed by atoms with Crippen LogP contribution in [0.3, 0.4) is 0 Å². The van der Waals surface area contributed by atoms with Gasteiger partial charge in [-0.05, 0) is 45.8 Å². The topological polar surface area (TPSA) is 27.7 Å². The smallest absolute Gasteiger partial charge is 0.211 e. The molecule has 106 valence electrons. The highest BCUT2D eigenvalue weighted by molar-refractivity contribution is 9.10. The third-order valence-corrected chi connectivity index (χ3v) is 3.67. The highest BCUT2D eigenvalue weighted by Crippen LogP contribution is 2.41. The van der Waals surface area contributed by atoms with Crippen molar-refractivity contribution in [2.75, 3.05) is 14.2 Å². The average molecular weight is 358 g/mol. The van der Waals surface area contributed by atoms with E-state index in [1.807, 2.05) is 36.4 Å². The largest absolute Gasteiger partial charge is 0.493 e. The van der Waals surface area contributed by atoms with E-state index in [0.717, 1.165) is 10.0 Å². The maximum atomic E-state index is 5.91. The van der Waals surface area contributed by atoms with Crippen molar-refractivity contribution in [3.05, 3.63) is 46.4 Å². The third-order valence-electron chi connectivity index (χ3n) is 2.75. The summed E-state index contributed by atoms with van der Waals surface area (Å²) >= 11 is 9.28. The zero-order valence-corrected chi connectivity index (χ0v) is 13.5. The van der Waals surface area contributed by atoms with Crippen molar-refractivity contribution in [2.24, 2.45) is 0 Å². The molecule has 0 saturated carbocycles. The van der Waals surface area contributed by atoms with Gasteiger partial charge in [0.25, 0.3) is 0 Å². The number of ether oxygens (including phenoxy) is 3. The Bertz CT molecular complexity index is 579. The molecule has 0 spiro atoms. The first-order chi connectivity index (χ1) is 9.69. The van der Waals surface area contributed by atoms with E-state index < -0.39 is 0 Å². The number of hydrogen-bond acceptors (Lipinski definition) is 3. The summed E-state index contributed by atoms with van der Waals surface area (Å²) in [5.41, 5.74) is 1.01. The molecular formula is C15H14BrClO3. The summed E-state index contributed by atoms with van der Waals surface area (Å²) in [4.78, 5) is 0. The summed E-state index contributed by atoms with van der Waals surface area (Å²) in [6.45, 7) is 0. The minimum absolute atomic E-state index is 0.455. The lowest BCUT2D eigenvalue weighted by molar-refractivity contribution is 0.345. The Kier molecular flexibility index (Phi) is 5.15. The highest BCUT2D eigenvalue weighted by atomic mass is 79.9. The Labute approximate surface area is 131 Å². The molecule has 2 rings (SSSR count). The fourth-order valence-corrected chi connectivity index (χ4v) is 2.41. The molecule has 0 saturated heterocycles. The summed E-state index contributed by atoms with van der Waals surface area (Å²) in [6.07, 6.45) is 0. The van der Waals surface area contributed by atoms with Gasteiger partial charge in [-0.2, -0.15) is 0 Å². The van der Waals surface area contributed by atoms with Crippen LogP contribution in [0, 0.1) is 0 Å². The SMILES string of the molecule is COc1cccc(OC)c1Oc1ccc(CCl)cc1Br. The monoisotopic (exact) mass is 356 g/mol. The maximum absolute atomic E-state index is 5.91. The summed E-state index contributed by atoms with van der Waals surface area (Å²) in [7, 11) is 3.18. The summed E-state index contributed by atoms with van der Waals surface area (Å²) in [5, 5.41) is 0. The molecule has 0 atom stereocenters. The molecule has 2 aromatic rings. The van der Waals surface area contributed by atoms with E-state index >= 15 is 0 Å². The maximum Gasteiger partial charge on any atom is 0.211 e. The Morgan fingerprint density at radius 3 is 2.15 bits per heavy atom. The van der Waals surface area contributed by atoms with Crippen LogP contribution in [0.1, 0.15) is 5.56 Å². The quantitative estimate of drug-likeness (QED) is 0.705. The molecule has 0 fully saturated rings. The number of hydrogen-bond donors (Lipinski definition) is 0. The molecule has 0 radical (unpaired) electrons. The lowest BCUT2D eigenvalue weighted by atomic mass is 10.2. The molecule has 0 unspecified atom stereocenters. The van der Waals surface area contributed by atoms with Crippen LogP contribution in [0.4, 0.5) is 0 Å². The Hall–Kier alpha value is -1.39. The Morgan fingerprint density at radius 1 is 1.00 bits per heavy atom. The van der Waals surface area contributed by atoms with Crippen LogP contribution in [0.2, 0.25) is 0 Å². The van der Waals surface area contributed by atoms with Gasteiger partial charge in [-0.1, -0.05) is 12.1 Å². The molecule has 0 heterocycles. The zero-order valence-electron chi connectivity index (χ0n) is 11.2. The van der Waals surface area contributed by atoms with Gasteiger partial charge in [0.15, 0.2) is 11.5 Å². The Morgan fingerprint density at radius 2 is 1.65 bits per heavy atom. The second-order valence-corrected chi connectivity index (χ2v) is 5.11. The van der Waals surface area contributed by atoms with Crippen molar-refractivity contribution in [2.45, 2.75) is 5.88 Å². The van der Waals surface area contributed by atoms with E-state index in [2.05, 4.69) is 15.9 Å². The van der Waals surface area contributed by atoms with Crippen LogP contribution < -0.4 is 14.2 Å². The van der Waals surface area contributed by atoms with Crippen LogP contribution >= 0.6 is 27.5 Å². The molecule has 0 N–H and O–H groups in total. The van der Waals surface area contributed by atoms with Crippen molar-refractivity contribution >= 4 is 27.5 Å². The first-order valence-electron chi connectivity index (χ1n) is 5.92. The molecule has 0 aliphatic heterocycles. The number of methoxy groups -OCH3 is 2. The van der Waals surface area contributed by atoms with Gasteiger partial charge in [0.1, 0.15) is 5.75 Å². The van der Waals surface area contributed by atoms with Gasteiger partial charge in [-0.25, -0.2) is 0 Å². The fraction of sp³-hybridized carbons (Fsp3) is 0.200. The second-order valence-electron chi connectivity index (χ2n) is 3.99. The van der Waals surface area contributed by atoms with Gasteiger partial charge in [-0.15, -0.1) is 11.6 Å². The summed E-state index contributed by atoms with van der Waals surface area (Å²) in [5.74, 6) is 2.88. The van der Waals surface area contributed by atoms with E-state index in [-0.39, 0.29) is 0 Å². The standard InChI is InChI=1S/C15H14BrClO3/c1-18-13-4-3-5-14(19-2)15(13)20-12-7-6-10(9-17)8-11(12)16/h3-8H,9H2,1-2H3. The van der Waals surface area contributed by atoms with E-state index in [4.69, 9.17) is 25.8 Å². The molecule has 0 aromatic heterocycles. The van der Waals surface area contributed by atoms with E-state index in [1.165, 1.54) is 0 Å². The van der Waals surface area contributed by atoms with E-state index in [0.29, 0.717) is 28.9 Å². The number of para-hydroxylation sites is 1. The zero-order chi connectivity index (χ0) is 14.5. The van der Waals surface area contributed by atoms with Crippen molar-refractivity contribution in [3.8, 4) is 23.0 Å². The van der Waals surface area contributed by atoms with Gasteiger partial charge >= 0.3 is 0 Å². The average Bonchev–Trinajstić information content (AvgIpc) is 2.49. The predicted molar refractivity (Wildman–Crippen MR) is 83.3 cm³/mol. The normalized spacial score (nSPS) is 10.2. The van der Waals surface area contributed by atoms with Crippen LogP contribution in [0.25, 0.3) is 0 Å². The van der Waals surface area contributed by atoms with Crippen molar-refractivity contribution in [1.29, 1.82) is 0 Å². The molecular weight excluding hydrogens is 344 g/mol. The molecule has 0 bridgehead atoms. The Balaban J connectivity index is 2.39. The lowest BCUT2D eigenvalue weighted by Crippen LogP contribution is -1.95. The van der Waals surface area contributed by atoms with Crippen LogP contribution in [-0.2, 0) is 5.88 Å². The van der Waals surface area contributed by atoms with Crippen molar-refractivity contribution in [1.82, 2.24) is 0 Å². The minimum Gasteiger partial charge on any atom is -0.493 e.